The molecule has 4 heteroatoms. The van der Waals surface area contributed by atoms with Gasteiger partial charge in [0.05, 0.1) is 5.69 Å². The van der Waals surface area contributed by atoms with Gasteiger partial charge < -0.3 is 5.32 Å². The summed E-state index contributed by atoms with van der Waals surface area (Å²) in [4.78, 5) is 11.4. The fourth-order valence-corrected chi connectivity index (χ4v) is 1.53. The second kappa shape index (κ2) is 5.53. The summed E-state index contributed by atoms with van der Waals surface area (Å²) < 4.78 is 0. The SMILES string of the molecule is CCCNC(=O)CCc1c(C)n[nH]c1C. The molecule has 1 amide bonds. The maximum atomic E-state index is 11.4. The van der Waals surface area contributed by atoms with Gasteiger partial charge in [-0.1, -0.05) is 6.92 Å². The number of nitrogens with zero attached hydrogens (tertiary/aromatic N) is 1. The van der Waals surface area contributed by atoms with Crippen LogP contribution in [0.4, 0.5) is 0 Å². The average Bonchev–Trinajstić information content (AvgIpc) is 2.53. The number of carbonyl (C=O) groups excluding carboxylic acids is 1. The van der Waals surface area contributed by atoms with Crippen LogP contribution < -0.4 is 5.32 Å². The lowest BCUT2D eigenvalue weighted by atomic mass is 10.1. The fourth-order valence-electron chi connectivity index (χ4n) is 1.53. The van der Waals surface area contributed by atoms with Crippen LogP contribution >= 0.6 is 0 Å². The lowest BCUT2D eigenvalue weighted by Crippen LogP contribution is -2.24. The molecule has 0 aliphatic heterocycles. The monoisotopic (exact) mass is 209 g/mol. The Balaban J connectivity index is 2.40. The molecule has 1 heterocycles. The number of H-pyrrole nitrogens is 1. The number of hydrogen-bond acceptors (Lipinski definition) is 2. The van der Waals surface area contributed by atoms with E-state index in [2.05, 4.69) is 15.5 Å². The van der Waals surface area contributed by atoms with Gasteiger partial charge in [0.15, 0.2) is 0 Å². The van der Waals surface area contributed by atoms with Crippen molar-refractivity contribution >= 4 is 5.91 Å². The van der Waals surface area contributed by atoms with E-state index in [1.807, 2.05) is 20.8 Å². The number of carbonyl (C=O) groups is 1. The second-order valence-electron chi connectivity index (χ2n) is 3.76. The Labute approximate surface area is 90.5 Å². The minimum atomic E-state index is 0.122. The normalized spacial score (nSPS) is 10.3. The summed E-state index contributed by atoms with van der Waals surface area (Å²) in [5.74, 6) is 0.122. The summed E-state index contributed by atoms with van der Waals surface area (Å²) in [6, 6.07) is 0. The summed E-state index contributed by atoms with van der Waals surface area (Å²) in [6.45, 7) is 6.76. The third-order valence-electron chi connectivity index (χ3n) is 2.45. The first kappa shape index (κ1) is 11.8. The number of hydrogen-bond donors (Lipinski definition) is 2. The zero-order chi connectivity index (χ0) is 11.3. The second-order valence-corrected chi connectivity index (χ2v) is 3.76. The highest BCUT2D eigenvalue weighted by atomic mass is 16.1. The molecule has 1 aromatic heterocycles. The highest BCUT2D eigenvalue weighted by molar-refractivity contribution is 5.76. The van der Waals surface area contributed by atoms with Crippen LogP contribution in [0.5, 0.6) is 0 Å². The van der Waals surface area contributed by atoms with Gasteiger partial charge in [-0.25, -0.2) is 0 Å². The molecule has 0 spiro atoms. The van der Waals surface area contributed by atoms with Crippen LogP contribution in [0, 0.1) is 13.8 Å². The first-order valence-electron chi connectivity index (χ1n) is 5.42. The quantitative estimate of drug-likeness (QED) is 0.771. The summed E-state index contributed by atoms with van der Waals surface area (Å²) >= 11 is 0. The number of rotatable bonds is 5. The molecule has 0 saturated heterocycles. The molecule has 0 radical (unpaired) electrons. The largest absolute Gasteiger partial charge is 0.356 e. The molecule has 2 N–H and O–H groups in total. The Hall–Kier alpha value is -1.32. The van der Waals surface area contributed by atoms with Gasteiger partial charge in [0.2, 0.25) is 5.91 Å². The molecule has 0 aromatic carbocycles. The van der Waals surface area contributed by atoms with Gasteiger partial charge in [-0.2, -0.15) is 5.10 Å². The Bertz CT molecular complexity index is 311. The van der Waals surface area contributed by atoms with Crippen molar-refractivity contribution in [2.24, 2.45) is 0 Å². The van der Waals surface area contributed by atoms with E-state index in [4.69, 9.17) is 0 Å². The molecule has 4 nitrogen and oxygen atoms in total. The number of nitrogens with one attached hydrogen (secondary N) is 2. The maximum absolute atomic E-state index is 11.4. The summed E-state index contributed by atoms with van der Waals surface area (Å²) in [5, 5.41) is 9.89. The summed E-state index contributed by atoms with van der Waals surface area (Å²) in [5.41, 5.74) is 3.23. The van der Waals surface area contributed by atoms with Crippen LogP contribution in [-0.4, -0.2) is 22.6 Å². The Morgan fingerprint density at radius 3 is 2.73 bits per heavy atom. The predicted molar refractivity (Wildman–Crippen MR) is 59.7 cm³/mol. The van der Waals surface area contributed by atoms with E-state index in [1.165, 1.54) is 5.56 Å². The summed E-state index contributed by atoms with van der Waals surface area (Å²) in [7, 11) is 0. The molecule has 0 fully saturated rings. The number of aromatic nitrogens is 2. The first-order chi connectivity index (χ1) is 7.15. The third kappa shape index (κ3) is 3.38. The molecule has 15 heavy (non-hydrogen) atoms. The number of amides is 1. The molecule has 1 aromatic rings. The lowest BCUT2D eigenvalue weighted by molar-refractivity contribution is -0.121. The van der Waals surface area contributed by atoms with E-state index in [0.717, 1.165) is 30.8 Å². The van der Waals surface area contributed by atoms with Crippen molar-refractivity contribution in [2.75, 3.05) is 6.54 Å². The highest BCUT2D eigenvalue weighted by Crippen LogP contribution is 2.11. The van der Waals surface area contributed by atoms with E-state index in [0.29, 0.717) is 6.42 Å². The Morgan fingerprint density at radius 2 is 2.20 bits per heavy atom. The van der Waals surface area contributed by atoms with E-state index < -0.39 is 0 Å². The van der Waals surface area contributed by atoms with Gasteiger partial charge in [0, 0.05) is 18.7 Å². The van der Waals surface area contributed by atoms with Crippen molar-refractivity contribution in [3.8, 4) is 0 Å². The predicted octanol–water partition coefficient (Wildman–Crippen LogP) is 1.49. The standard InChI is InChI=1S/C11H19N3O/c1-4-7-12-11(15)6-5-10-8(2)13-14-9(10)3/h4-7H2,1-3H3,(H,12,15)(H,13,14). The van der Waals surface area contributed by atoms with Crippen LogP contribution in [0.1, 0.15) is 36.7 Å². The summed E-state index contributed by atoms with van der Waals surface area (Å²) in [6.07, 6.45) is 2.29. The van der Waals surface area contributed by atoms with Gasteiger partial charge in [0.25, 0.3) is 0 Å². The smallest absolute Gasteiger partial charge is 0.220 e. The molecule has 0 saturated carbocycles. The van der Waals surface area contributed by atoms with E-state index in [9.17, 15) is 4.79 Å². The third-order valence-corrected chi connectivity index (χ3v) is 2.45. The van der Waals surface area contributed by atoms with E-state index >= 15 is 0 Å². The molecule has 0 bridgehead atoms. The van der Waals surface area contributed by atoms with Gasteiger partial charge in [0.1, 0.15) is 0 Å². The molecule has 0 aliphatic rings. The van der Waals surface area contributed by atoms with E-state index in [-0.39, 0.29) is 5.91 Å². The first-order valence-corrected chi connectivity index (χ1v) is 5.42. The fraction of sp³-hybridized carbons (Fsp3) is 0.636. The molecule has 84 valence electrons. The molecule has 0 atom stereocenters. The topological polar surface area (TPSA) is 57.8 Å². The molecule has 0 aliphatic carbocycles. The van der Waals surface area contributed by atoms with Crippen molar-refractivity contribution in [3.05, 3.63) is 17.0 Å². The van der Waals surface area contributed by atoms with Crippen molar-refractivity contribution in [2.45, 2.75) is 40.0 Å². The maximum Gasteiger partial charge on any atom is 0.220 e. The molecular formula is C11H19N3O. The Kier molecular flexibility index (Phi) is 4.34. The zero-order valence-corrected chi connectivity index (χ0v) is 9.68. The molecular weight excluding hydrogens is 190 g/mol. The highest BCUT2D eigenvalue weighted by Gasteiger charge is 2.08. The zero-order valence-electron chi connectivity index (χ0n) is 9.68. The number of aryl methyl sites for hydroxylation is 2. The average molecular weight is 209 g/mol. The Morgan fingerprint density at radius 1 is 1.47 bits per heavy atom. The van der Waals surface area contributed by atoms with Crippen molar-refractivity contribution < 1.29 is 4.79 Å². The molecule has 1 rings (SSSR count). The van der Waals surface area contributed by atoms with Crippen LogP contribution in [0.25, 0.3) is 0 Å². The minimum absolute atomic E-state index is 0.122. The van der Waals surface area contributed by atoms with Gasteiger partial charge in [-0.15, -0.1) is 0 Å². The lowest BCUT2D eigenvalue weighted by Gasteiger charge is -2.03. The van der Waals surface area contributed by atoms with Crippen LogP contribution in [0.2, 0.25) is 0 Å². The van der Waals surface area contributed by atoms with Gasteiger partial charge in [-0.3, -0.25) is 9.89 Å². The van der Waals surface area contributed by atoms with Crippen LogP contribution in [0.3, 0.4) is 0 Å². The van der Waals surface area contributed by atoms with Crippen molar-refractivity contribution in [3.63, 3.8) is 0 Å². The molecule has 0 unspecified atom stereocenters. The van der Waals surface area contributed by atoms with E-state index in [1.54, 1.807) is 0 Å². The minimum Gasteiger partial charge on any atom is -0.356 e. The van der Waals surface area contributed by atoms with Gasteiger partial charge in [-0.05, 0) is 32.3 Å². The van der Waals surface area contributed by atoms with Crippen molar-refractivity contribution in [1.82, 2.24) is 15.5 Å². The van der Waals surface area contributed by atoms with Gasteiger partial charge >= 0.3 is 0 Å². The van der Waals surface area contributed by atoms with Crippen LogP contribution in [0.15, 0.2) is 0 Å². The van der Waals surface area contributed by atoms with Crippen molar-refractivity contribution in [1.29, 1.82) is 0 Å². The van der Waals surface area contributed by atoms with Crippen LogP contribution in [-0.2, 0) is 11.2 Å². The number of aromatic amines is 1.